The van der Waals surface area contributed by atoms with Crippen LogP contribution in [-0.2, 0) is 6.42 Å². The van der Waals surface area contributed by atoms with Crippen molar-refractivity contribution < 1.29 is 19.4 Å². The number of nitrogens with one attached hydrogen (secondary N) is 1. The van der Waals surface area contributed by atoms with E-state index >= 15 is 0 Å². The van der Waals surface area contributed by atoms with Crippen LogP contribution in [0.5, 0.6) is 11.5 Å². The van der Waals surface area contributed by atoms with Gasteiger partial charge in [-0.1, -0.05) is 12.1 Å². The third-order valence-electron chi connectivity index (χ3n) is 3.20. The van der Waals surface area contributed by atoms with Crippen molar-refractivity contribution in [3.63, 3.8) is 0 Å². The summed E-state index contributed by atoms with van der Waals surface area (Å²) in [6, 6.07) is 7.13. The lowest BCUT2D eigenvalue weighted by Crippen LogP contribution is -2.17. The lowest BCUT2D eigenvalue weighted by Gasteiger charge is -2.21. The number of aromatic nitrogens is 2. The van der Waals surface area contributed by atoms with E-state index in [0.717, 1.165) is 17.1 Å². The van der Waals surface area contributed by atoms with Crippen LogP contribution in [0.25, 0.3) is 0 Å². The Labute approximate surface area is 126 Å². The van der Waals surface area contributed by atoms with Gasteiger partial charge in [0, 0.05) is 12.7 Å². The molecule has 1 aromatic carbocycles. The molecule has 2 N–H and O–H groups in total. The first kappa shape index (κ1) is 14.1. The van der Waals surface area contributed by atoms with E-state index in [9.17, 15) is 4.79 Å². The Morgan fingerprint density at radius 3 is 3.00 bits per heavy atom. The molecule has 22 heavy (non-hydrogen) atoms. The van der Waals surface area contributed by atoms with Crippen LogP contribution in [0.2, 0.25) is 0 Å². The number of para-hydroxylation sites is 1. The number of carboxylic acid groups (broad SMARTS) is 1. The summed E-state index contributed by atoms with van der Waals surface area (Å²) in [7, 11) is 0. The van der Waals surface area contributed by atoms with Crippen LogP contribution in [0, 0.1) is 0 Å². The number of ether oxygens (including phenoxy) is 2. The fraction of sp³-hybridized carbons (Fsp3) is 0.267. The van der Waals surface area contributed by atoms with Gasteiger partial charge in [0.05, 0.1) is 0 Å². The molecule has 0 aliphatic carbocycles. The van der Waals surface area contributed by atoms with Crippen LogP contribution in [-0.4, -0.2) is 40.8 Å². The highest BCUT2D eigenvalue weighted by atomic mass is 16.6. The molecule has 0 saturated carbocycles. The zero-order valence-electron chi connectivity index (χ0n) is 11.8. The van der Waals surface area contributed by atoms with E-state index in [1.807, 2.05) is 18.2 Å². The maximum atomic E-state index is 10.9. The van der Waals surface area contributed by atoms with Crippen molar-refractivity contribution in [3.8, 4) is 11.5 Å². The van der Waals surface area contributed by atoms with Gasteiger partial charge in [0.2, 0.25) is 5.95 Å². The minimum absolute atomic E-state index is 0.0358. The quantitative estimate of drug-likeness (QED) is 0.866. The zero-order valence-corrected chi connectivity index (χ0v) is 11.8. The Morgan fingerprint density at radius 1 is 1.27 bits per heavy atom. The molecular formula is C15H15N3O4. The van der Waals surface area contributed by atoms with Crippen molar-refractivity contribution in [2.45, 2.75) is 6.42 Å². The Balaban J connectivity index is 1.64. The van der Waals surface area contributed by atoms with Gasteiger partial charge in [-0.3, -0.25) is 0 Å². The second-order valence-electron chi connectivity index (χ2n) is 4.69. The second-order valence-corrected chi connectivity index (χ2v) is 4.69. The average molecular weight is 301 g/mol. The van der Waals surface area contributed by atoms with Crippen LogP contribution < -0.4 is 14.8 Å². The molecule has 2 aromatic rings. The summed E-state index contributed by atoms with van der Waals surface area (Å²) in [5.74, 6) is 0.749. The molecule has 0 unspecified atom stereocenters. The molecule has 0 atom stereocenters. The summed E-state index contributed by atoms with van der Waals surface area (Å²) in [6.45, 7) is 1.66. The van der Waals surface area contributed by atoms with Gasteiger partial charge < -0.3 is 19.9 Å². The molecule has 1 aliphatic rings. The predicted molar refractivity (Wildman–Crippen MR) is 78.6 cm³/mol. The van der Waals surface area contributed by atoms with E-state index in [-0.39, 0.29) is 5.69 Å². The van der Waals surface area contributed by atoms with E-state index < -0.39 is 5.97 Å². The van der Waals surface area contributed by atoms with Crippen molar-refractivity contribution in [3.05, 3.63) is 41.7 Å². The zero-order chi connectivity index (χ0) is 15.4. The molecule has 0 saturated heterocycles. The second kappa shape index (κ2) is 6.30. The van der Waals surface area contributed by atoms with E-state index in [1.165, 1.54) is 12.3 Å². The SMILES string of the molecule is O=C(O)c1ccnc(NCCc2cccc3c2OCCO3)n1. The molecule has 0 amide bonds. The molecule has 0 spiro atoms. The van der Waals surface area contributed by atoms with Gasteiger partial charge >= 0.3 is 5.97 Å². The summed E-state index contributed by atoms with van der Waals surface area (Å²) in [5, 5.41) is 11.9. The number of carbonyl (C=O) groups is 1. The molecule has 2 heterocycles. The van der Waals surface area contributed by atoms with Crippen molar-refractivity contribution in [1.29, 1.82) is 0 Å². The first-order chi connectivity index (χ1) is 10.7. The van der Waals surface area contributed by atoms with Crippen molar-refractivity contribution in [2.75, 3.05) is 25.1 Å². The maximum absolute atomic E-state index is 10.9. The van der Waals surface area contributed by atoms with E-state index in [0.29, 0.717) is 32.1 Å². The van der Waals surface area contributed by atoms with Crippen molar-refractivity contribution in [2.24, 2.45) is 0 Å². The number of rotatable bonds is 5. The van der Waals surface area contributed by atoms with Gasteiger partial charge in [-0.25, -0.2) is 14.8 Å². The highest BCUT2D eigenvalue weighted by Gasteiger charge is 2.15. The first-order valence-electron chi connectivity index (χ1n) is 6.92. The summed E-state index contributed by atoms with van der Waals surface area (Å²) in [4.78, 5) is 18.8. The van der Waals surface area contributed by atoms with Crippen molar-refractivity contribution >= 4 is 11.9 Å². The minimum atomic E-state index is -1.08. The fourth-order valence-electron chi connectivity index (χ4n) is 2.20. The molecule has 7 heteroatoms. The molecule has 1 aliphatic heterocycles. The lowest BCUT2D eigenvalue weighted by molar-refractivity contribution is 0.0690. The van der Waals surface area contributed by atoms with Gasteiger partial charge in [0.1, 0.15) is 13.2 Å². The number of carboxylic acids is 1. The smallest absolute Gasteiger partial charge is 0.354 e. The van der Waals surface area contributed by atoms with Gasteiger partial charge in [0.25, 0.3) is 0 Å². The molecule has 3 rings (SSSR count). The Hall–Kier alpha value is -2.83. The van der Waals surface area contributed by atoms with Gasteiger partial charge in [-0.05, 0) is 24.1 Å². The number of aromatic carboxylic acids is 1. The largest absolute Gasteiger partial charge is 0.486 e. The van der Waals surface area contributed by atoms with E-state index in [2.05, 4.69) is 15.3 Å². The standard InChI is InChI=1S/C15H15N3O4/c19-14(20)11-5-7-17-15(18-11)16-6-4-10-2-1-3-12-13(10)22-9-8-21-12/h1-3,5,7H,4,6,8-9H2,(H,19,20)(H,16,17,18). The van der Waals surface area contributed by atoms with Gasteiger partial charge in [-0.15, -0.1) is 0 Å². The van der Waals surface area contributed by atoms with Crippen LogP contribution >= 0.6 is 0 Å². The van der Waals surface area contributed by atoms with Crippen LogP contribution in [0.15, 0.2) is 30.5 Å². The van der Waals surface area contributed by atoms with E-state index in [4.69, 9.17) is 14.6 Å². The molecular weight excluding hydrogens is 286 g/mol. The van der Waals surface area contributed by atoms with Crippen molar-refractivity contribution in [1.82, 2.24) is 9.97 Å². The molecule has 0 fully saturated rings. The highest BCUT2D eigenvalue weighted by molar-refractivity contribution is 5.85. The van der Waals surface area contributed by atoms with Crippen LogP contribution in [0.1, 0.15) is 16.1 Å². The van der Waals surface area contributed by atoms with Crippen LogP contribution in [0.4, 0.5) is 5.95 Å². The monoisotopic (exact) mass is 301 g/mol. The topological polar surface area (TPSA) is 93.6 Å². The van der Waals surface area contributed by atoms with E-state index in [1.54, 1.807) is 0 Å². The Kier molecular flexibility index (Phi) is 4.04. The molecule has 0 radical (unpaired) electrons. The summed E-state index contributed by atoms with van der Waals surface area (Å²) >= 11 is 0. The average Bonchev–Trinajstić information content (AvgIpc) is 2.55. The fourth-order valence-corrected chi connectivity index (χ4v) is 2.20. The molecule has 7 nitrogen and oxygen atoms in total. The Bertz CT molecular complexity index is 690. The predicted octanol–water partition coefficient (Wildman–Crippen LogP) is 1.60. The third-order valence-corrected chi connectivity index (χ3v) is 3.20. The highest BCUT2D eigenvalue weighted by Crippen LogP contribution is 2.33. The molecule has 0 bridgehead atoms. The number of nitrogens with zero attached hydrogens (tertiary/aromatic N) is 2. The number of hydrogen-bond donors (Lipinski definition) is 2. The van der Waals surface area contributed by atoms with Crippen LogP contribution in [0.3, 0.4) is 0 Å². The number of fused-ring (bicyclic) bond motifs is 1. The number of hydrogen-bond acceptors (Lipinski definition) is 6. The number of benzene rings is 1. The normalized spacial score (nSPS) is 12.7. The molecule has 1 aromatic heterocycles. The third kappa shape index (κ3) is 3.08. The summed E-state index contributed by atoms with van der Waals surface area (Å²) < 4.78 is 11.2. The first-order valence-corrected chi connectivity index (χ1v) is 6.92. The van der Waals surface area contributed by atoms with Gasteiger partial charge in [0.15, 0.2) is 17.2 Å². The maximum Gasteiger partial charge on any atom is 0.354 e. The number of anilines is 1. The Morgan fingerprint density at radius 2 is 2.14 bits per heavy atom. The minimum Gasteiger partial charge on any atom is -0.486 e. The lowest BCUT2D eigenvalue weighted by atomic mass is 10.1. The van der Waals surface area contributed by atoms with Gasteiger partial charge in [-0.2, -0.15) is 0 Å². The summed E-state index contributed by atoms with van der Waals surface area (Å²) in [6.07, 6.45) is 2.10. The summed E-state index contributed by atoms with van der Waals surface area (Å²) in [5.41, 5.74) is 0.991. The molecule has 114 valence electrons.